The molecule has 0 aliphatic heterocycles. The molecule has 0 saturated carbocycles. The van der Waals surface area contributed by atoms with Gasteiger partial charge in [0.2, 0.25) is 0 Å². The van der Waals surface area contributed by atoms with Crippen molar-refractivity contribution in [1.29, 1.82) is 0 Å². The molecule has 66 valence electrons. The molecule has 1 N–H and O–H groups in total. The van der Waals surface area contributed by atoms with E-state index in [4.69, 9.17) is 4.84 Å². The van der Waals surface area contributed by atoms with E-state index in [1.807, 2.05) is 12.1 Å². The van der Waals surface area contributed by atoms with Gasteiger partial charge in [-0.05, 0) is 25.0 Å². The van der Waals surface area contributed by atoms with Crippen LogP contribution in [-0.4, -0.2) is 7.11 Å². The second-order valence-electron chi connectivity index (χ2n) is 2.90. The first-order chi connectivity index (χ1) is 5.75. The topological polar surface area (TPSA) is 21.3 Å². The molecule has 0 bridgehead atoms. The summed E-state index contributed by atoms with van der Waals surface area (Å²) < 4.78 is 0. The minimum atomic E-state index is 0.246. The van der Waals surface area contributed by atoms with Crippen LogP contribution >= 0.6 is 0 Å². The average molecular weight is 165 g/mol. The van der Waals surface area contributed by atoms with Crippen molar-refractivity contribution in [2.75, 3.05) is 7.11 Å². The Kier molecular flexibility index (Phi) is 3.26. The quantitative estimate of drug-likeness (QED) is 0.693. The molecule has 12 heavy (non-hydrogen) atoms. The normalized spacial score (nSPS) is 12.9. The van der Waals surface area contributed by atoms with Crippen molar-refractivity contribution < 1.29 is 4.84 Å². The van der Waals surface area contributed by atoms with E-state index < -0.39 is 0 Å². The van der Waals surface area contributed by atoms with Crippen molar-refractivity contribution in [3.8, 4) is 0 Å². The van der Waals surface area contributed by atoms with Crippen LogP contribution in [0.25, 0.3) is 0 Å². The molecule has 1 aromatic rings. The molecule has 0 amide bonds. The number of rotatable bonds is 3. The molecule has 0 saturated heterocycles. The van der Waals surface area contributed by atoms with Crippen molar-refractivity contribution in [2.24, 2.45) is 0 Å². The third-order valence-corrected chi connectivity index (χ3v) is 1.95. The van der Waals surface area contributed by atoms with Crippen LogP contribution in [0.2, 0.25) is 0 Å². The van der Waals surface area contributed by atoms with Crippen LogP contribution in [0.15, 0.2) is 24.3 Å². The van der Waals surface area contributed by atoms with Gasteiger partial charge in [-0.15, -0.1) is 0 Å². The van der Waals surface area contributed by atoms with E-state index in [1.165, 1.54) is 11.1 Å². The van der Waals surface area contributed by atoms with E-state index in [2.05, 4.69) is 31.5 Å². The fraction of sp³-hybridized carbons (Fsp3) is 0.400. The number of nitrogens with one attached hydrogen (secondary N) is 1. The Bertz CT molecular complexity index is 247. The second kappa shape index (κ2) is 4.24. The number of hydrogen-bond acceptors (Lipinski definition) is 2. The van der Waals surface area contributed by atoms with Gasteiger partial charge in [-0.3, -0.25) is 0 Å². The fourth-order valence-corrected chi connectivity index (χ4v) is 1.31. The maximum atomic E-state index is 4.86. The van der Waals surface area contributed by atoms with Crippen LogP contribution in [0.3, 0.4) is 0 Å². The summed E-state index contributed by atoms with van der Waals surface area (Å²) in [4.78, 5) is 4.86. The molecule has 2 nitrogen and oxygen atoms in total. The average Bonchev–Trinajstić information content (AvgIpc) is 2.05. The SMILES string of the molecule is CON[C@H](C)c1ccccc1C. The van der Waals surface area contributed by atoms with Gasteiger partial charge in [0, 0.05) is 0 Å². The molecule has 0 unspecified atom stereocenters. The number of hydroxylamine groups is 1. The van der Waals surface area contributed by atoms with E-state index in [9.17, 15) is 0 Å². The van der Waals surface area contributed by atoms with E-state index in [0.29, 0.717) is 0 Å². The number of benzene rings is 1. The van der Waals surface area contributed by atoms with Crippen LogP contribution in [0.1, 0.15) is 24.1 Å². The Balaban J connectivity index is 2.79. The highest BCUT2D eigenvalue weighted by molar-refractivity contribution is 5.27. The van der Waals surface area contributed by atoms with Crippen molar-refractivity contribution in [3.05, 3.63) is 35.4 Å². The molecule has 0 heterocycles. The standard InChI is InChI=1S/C10H15NO/c1-8-6-4-5-7-10(8)9(2)11-12-3/h4-7,9,11H,1-3H3/t9-/m1/s1. The lowest BCUT2D eigenvalue weighted by atomic mass is 10.0. The summed E-state index contributed by atoms with van der Waals surface area (Å²) in [7, 11) is 1.63. The molecular formula is C10H15NO. The molecular weight excluding hydrogens is 150 g/mol. The number of hydrogen-bond donors (Lipinski definition) is 1. The third kappa shape index (κ3) is 2.06. The van der Waals surface area contributed by atoms with Gasteiger partial charge in [-0.1, -0.05) is 24.3 Å². The largest absolute Gasteiger partial charge is 0.305 e. The predicted octanol–water partition coefficient (Wildman–Crippen LogP) is 2.21. The summed E-state index contributed by atoms with van der Waals surface area (Å²) in [6, 6.07) is 8.53. The molecule has 0 aliphatic carbocycles. The van der Waals surface area contributed by atoms with Crippen molar-refractivity contribution >= 4 is 0 Å². The van der Waals surface area contributed by atoms with E-state index in [-0.39, 0.29) is 6.04 Å². The second-order valence-corrected chi connectivity index (χ2v) is 2.90. The van der Waals surface area contributed by atoms with Gasteiger partial charge in [-0.2, -0.15) is 5.48 Å². The van der Waals surface area contributed by atoms with Gasteiger partial charge in [0.15, 0.2) is 0 Å². The Morgan fingerprint density at radius 3 is 2.58 bits per heavy atom. The van der Waals surface area contributed by atoms with Gasteiger partial charge < -0.3 is 4.84 Å². The first-order valence-electron chi connectivity index (χ1n) is 4.09. The summed E-state index contributed by atoms with van der Waals surface area (Å²) in [5.41, 5.74) is 5.47. The molecule has 1 rings (SSSR count). The molecule has 0 fully saturated rings. The first kappa shape index (κ1) is 9.23. The molecule has 0 spiro atoms. The number of aryl methyl sites for hydroxylation is 1. The van der Waals surface area contributed by atoms with Crippen molar-refractivity contribution in [3.63, 3.8) is 0 Å². The Hall–Kier alpha value is -0.860. The lowest BCUT2D eigenvalue weighted by molar-refractivity contribution is 0.0657. The van der Waals surface area contributed by atoms with Gasteiger partial charge in [-0.25, -0.2) is 0 Å². The van der Waals surface area contributed by atoms with Crippen LogP contribution in [-0.2, 0) is 4.84 Å². The smallest absolute Gasteiger partial charge is 0.0572 e. The van der Waals surface area contributed by atoms with Crippen LogP contribution in [0.5, 0.6) is 0 Å². The highest BCUT2D eigenvalue weighted by Gasteiger charge is 2.05. The molecule has 1 aromatic carbocycles. The summed E-state index contributed by atoms with van der Waals surface area (Å²) >= 11 is 0. The maximum Gasteiger partial charge on any atom is 0.0572 e. The van der Waals surface area contributed by atoms with Crippen molar-refractivity contribution in [2.45, 2.75) is 19.9 Å². The van der Waals surface area contributed by atoms with Crippen molar-refractivity contribution in [1.82, 2.24) is 5.48 Å². The van der Waals surface area contributed by atoms with Gasteiger partial charge in [0.1, 0.15) is 0 Å². The lowest BCUT2D eigenvalue weighted by Gasteiger charge is -2.14. The Morgan fingerprint density at radius 2 is 2.00 bits per heavy atom. The zero-order valence-electron chi connectivity index (χ0n) is 7.79. The van der Waals surface area contributed by atoms with Gasteiger partial charge in [0.25, 0.3) is 0 Å². The predicted molar refractivity (Wildman–Crippen MR) is 49.7 cm³/mol. The van der Waals surface area contributed by atoms with Gasteiger partial charge >= 0.3 is 0 Å². The van der Waals surface area contributed by atoms with E-state index >= 15 is 0 Å². The van der Waals surface area contributed by atoms with Gasteiger partial charge in [0.05, 0.1) is 13.2 Å². The zero-order chi connectivity index (χ0) is 8.97. The molecule has 1 atom stereocenters. The monoisotopic (exact) mass is 165 g/mol. The molecule has 0 radical (unpaired) electrons. The highest BCUT2D eigenvalue weighted by atomic mass is 16.6. The molecule has 0 aliphatic rings. The minimum Gasteiger partial charge on any atom is -0.305 e. The zero-order valence-corrected chi connectivity index (χ0v) is 7.79. The maximum absolute atomic E-state index is 4.86. The molecule has 0 aromatic heterocycles. The summed E-state index contributed by atoms with van der Waals surface area (Å²) in [6.07, 6.45) is 0. The molecule has 2 heteroatoms. The van der Waals surface area contributed by atoms with E-state index in [1.54, 1.807) is 7.11 Å². The van der Waals surface area contributed by atoms with Crippen LogP contribution in [0, 0.1) is 6.92 Å². The summed E-state index contributed by atoms with van der Waals surface area (Å²) in [6.45, 7) is 4.18. The minimum absolute atomic E-state index is 0.246. The Labute approximate surface area is 73.5 Å². The summed E-state index contributed by atoms with van der Waals surface area (Å²) in [5, 5.41) is 0. The Morgan fingerprint density at radius 1 is 1.33 bits per heavy atom. The lowest BCUT2D eigenvalue weighted by Crippen LogP contribution is -2.17. The highest BCUT2D eigenvalue weighted by Crippen LogP contribution is 2.15. The fourth-order valence-electron chi connectivity index (χ4n) is 1.31. The van der Waals surface area contributed by atoms with E-state index in [0.717, 1.165) is 0 Å². The van der Waals surface area contributed by atoms with Crippen LogP contribution < -0.4 is 5.48 Å². The third-order valence-electron chi connectivity index (χ3n) is 1.95. The van der Waals surface area contributed by atoms with Crippen LogP contribution in [0.4, 0.5) is 0 Å². The first-order valence-corrected chi connectivity index (χ1v) is 4.09. The summed E-state index contributed by atoms with van der Waals surface area (Å²) in [5.74, 6) is 0.